The number of rotatable bonds is 0. The van der Waals surface area contributed by atoms with E-state index >= 15 is 0 Å². The normalized spacial score (nSPS) is 27.3. The minimum Gasteiger partial charge on any atom is -0.356 e. The molecule has 5 heteroatoms. The van der Waals surface area contributed by atoms with E-state index in [0.29, 0.717) is 0 Å². The molecule has 1 aromatic heterocycles. The summed E-state index contributed by atoms with van der Waals surface area (Å²) in [6.07, 6.45) is 2.36. The number of amides is 1. The van der Waals surface area contributed by atoms with Gasteiger partial charge in [-0.15, -0.1) is 0 Å². The van der Waals surface area contributed by atoms with Crippen LogP contribution in [0.4, 0.5) is 0 Å². The van der Waals surface area contributed by atoms with Crippen LogP contribution in [0.1, 0.15) is 41.4 Å². The third kappa shape index (κ3) is 1.25. The van der Waals surface area contributed by atoms with Gasteiger partial charge in [0.15, 0.2) is 0 Å². The number of hydrogen-bond acceptors (Lipinski definition) is 3. The molecule has 1 unspecified atom stereocenters. The van der Waals surface area contributed by atoms with Gasteiger partial charge in [0.05, 0.1) is 16.8 Å². The summed E-state index contributed by atoms with van der Waals surface area (Å²) in [5.41, 5.74) is 7.86. The molecule has 2 aromatic rings. The van der Waals surface area contributed by atoms with Crippen molar-refractivity contribution in [2.75, 3.05) is 13.1 Å². The lowest BCUT2D eigenvalue weighted by atomic mass is 9.85. The summed E-state index contributed by atoms with van der Waals surface area (Å²) in [6.45, 7) is 4.20. The Hall–Kier alpha value is -2.14. The second kappa shape index (κ2) is 3.54. The molecule has 1 amide bonds. The van der Waals surface area contributed by atoms with E-state index < -0.39 is 0 Å². The van der Waals surface area contributed by atoms with Crippen LogP contribution in [0.5, 0.6) is 0 Å². The van der Waals surface area contributed by atoms with E-state index in [9.17, 15) is 4.79 Å². The SMILES string of the molecule is CC12CCCN1CC1=NNC(=O)c3cccc4[nH]c2c1c34. The Morgan fingerprint density at radius 2 is 2.29 bits per heavy atom. The van der Waals surface area contributed by atoms with Crippen LogP contribution in [0.3, 0.4) is 0 Å². The van der Waals surface area contributed by atoms with Crippen LogP contribution >= 0.6 is 0 Å². The molecular weight excluding hydrogens is 264 g/mol. The Kier molecular flexibility index (Phi) is 1.94. The van der Waals surface area contributed by atoms with Gasteiger partial charge in [0, 0.05) is 28.7 Å². The van der Waals surface area contributed by atoms with Gasteiger partial charge >= 0.3 is 0 Å². The molecule has 1 atom stereocenters. The first kappa shape index (κ1) is 11.5. The molecule has 2 N–H and O–H groups in total. The van der Waals surface area contributed by atoms with Crippen molar-refractivity contribution in [3.8, 4) is 0 Å². The second-order valence-corrected chi connectivity index (χ2v) is 6.40. The first-order valence-electron chi connectivity index (χ1n) is 7.46. The average molecular weight is 280 g/mol. The number of nitrogens with one attached hydrogen (secondary N) is 2. The van der Waals surface area contributed by atoms with Gasteiger partial charge in [0.2, 0.25) is 0 Å². The zero-order chi connectivity index (χ0) is 14.2. The largest absolute Gasteiger partial charge is 0.356 e. The quantitative estimate of drug-likeness (QED) is 0.774. The Labute approximate surface area is 122 Å². The van der Waals surface area contributed by atoms with Crippen molar-refractivity contribution < 1.29 is 4.79 Å². The summed E-state index contributed by atoms with van der Waals surface area (Å²) >= 11 is 0. The molecule has 0 spiro atoms. The molecule has 3 aliphatic heterocycles. The lowest BCUT2D eigenvalue weighted by Gasteiger charge is -2.39. The summed E-state index contributed by atoms with van der Waals surface area (Å²) in [4.78, 5) is 18.3. The fourth-order valence-electron chi connectivity index (χ4n) is 4.21. The van der Waals surface area contributed by atoms with Crippen molar-refractivity contribution in [3.63, 3.8) is 0 Å². The Morgan fingerprint density at radius 1 is 1.38 bits per heavy atom. The van der Waals surface area contributed by atoms with Gasteiger partial charge in [-0.1, -0.05) is 6.07 Å². The minimum atomic E-state index is -0.116. The first-order valence-corrected chi connectivity index (χ1v) is 7.46. The maximum absolute atomic E-state index is 12.3. The van der Waals surface area contributed by atoms with Crippen LogP contribution in [0, 0.1) is 0 Å². The van der Waals surface area contributed by atoms with Crippen molar-refractivity contribution >= 4 is 22.5 Å². The summed E-state index contributed by atoms with van der Waals surface area (Å²) in [7, 11) is 0. The van der Waals surface area contributed by atoms with Crippen LogP contribution in [0.25, 0.3) is 10.9 Å². The van der Waals surface area contributed by atoms with Crippen LogP contribution in [-0.2, 0) is 5.54 Å². The third-order valence-electron chi connectivity index (χ3n) is 5.32. The fourth-order valence-corrected chi connectivity index (χ4v) is 4.21. The summed E-state index contributed by atoms with van der Waals surface area (Å²) in [5.74, 6) is -0.116. The van der Waals surface area contributed by atoms with E-state index in [4.69, 9.17) is 0 Å². The number of H-pyrrole nitrogens is 1. The topological polar surface area (TPSA) is 60.5 Å². The van der Waals surface area contributed by atoms with Gasteiger partial charge in [-0.3, -0.25) is 9.69 Å². The van der Waals surface area contributed by atoms with Crippen molar-refractivity contribution in [2.24, 2.45) is 5.10 Å². The van der Waals surface area contributed by atoms with E-state index in [1.54, 1.807) is 0 Å². The van der Waals surface area contributed by atoms with Crippen LogP contribution in [-0.4, -0.2) is 34.6 Å². The van der Waals surface area contributed by atoms with Crippen molar-refractivity contribution in [1.29, 1.82) is 0 Å². The number of carbonyl (C=O) groups is 1. The van der Waals surface area contributed by atoms with Crippen LogP contribution in [0.2, 0.25) is 0 Å². The molecule has 0 bridgehead atoms. The summed E-state index contributed by atoms with van der Waals surface area (Å²) in [6, 6.07) is 5.86. The van der Waals surface area contributed by atoms with E-state index in [1.807, 2.05) is 12.1 Å². The fraction of sp³-hybridized carbons (Fsp3) is 0.375. The number of hydrogen-bond donors (Lipinski definition) is 2. The highest BCUT2D eigenvalue weighted by Gasteiger charge is 2.46. The third-order valence-corrected chi connectivity index (χ3v) is 5.32. The molecular formula is C16H16N4O. The summed E-state index contributed by atoms with van der Waals surface area (Å²) in [5, 5.41) is 5.43. The molecule has 5 rings (SSSR count). The lowest BCUT2D eigenvalue weighted by Crippen LogP contribution is -2.47. The number of hydrazone groups is 1. The van der Waals surface area contributed by atoms with E-state index in [1.165, 1.54) is 12.1 Å². The van der Waals surface area contributed by atoms with Gasteiger partial charge in [-0.05, 0) is 38.4 Å². The first-order chi connectivity index (χ1) is 10.2. The zero-order valence-corrected chi connectivity index (χ0v) is 11.9. The predicted octanol–water partition coefficient (Wildman–Crippen LogP) is 1.94. The maximum atomic E-state index is 12.3. The minimum absolute atomic E-state index is 0.0397. The Balaban J connectivity index is 1.95. The standard InChI is InChI=1S/C16H16N4O/c1-16-6-3-7-20(16)8-11-13-12-9(15(21)19-18-11)4-2-5-10(12)17-14(13)16/h2,4-5,17H,3,6-8H2,1H3,(H,19,21). The van der Waals surface area contributed by atoms with E-state index in [2.05, 4.69) is 33.4 Å². The van der Waals surface area contributed by atoms with Crippen molar-refractivity contribution in [1.82, 2.24) is 15.3 Å². The monoisotopic (exact) mass is 280 g/mol. The van der Waals surface area contributed by atoms with Gasteiger partial charge in [0.25, 0.3) is 5.91 Å². The molecule has 21 heavy (non-hydrogen) atoms. The number of benzene rings is 1. The van der Waals surface area contributed by atoms with E-state index in [-0.39, 0.29) is 11.4 Å². The second-order valence-electron chi connectivity index (χ2n) is 6.40. The van der Waals surface area contributed by atoms with Crippen LogP contribution in [0.15, 0.2) is 23.3 Å². The molecule has 3 aliphatic rings. The van der Waals surface area contributed by atoms with E-state index in [0.717, 1.165) is 47.3 Å². The maximum Gasteiger partial charge on any atom is 0.272 e. The molecule has 0 radical (unpaired) electrons. The molecule has 1 aromatic carbocycles. The highest BCUT2D eigenvalue weighted by molar-refractivity contribution is 6.21. The predicted molar refractivity (Wildman–Crippen MR) is 80.5 cm³/mol. The Morgan fingerprint density at radius 3 is 3.19 bits per heavy atom. The van der Waals surface area contributed by atoms with Gasteiger partial charge in [0.1, 0.15) is 0 Å². The van der Waals surface area contributed by atoms with Gasteiger partial charge in [-0.2, -0.15) is 5.10 Å². The molecule has 106 valence electrons. The van der Waals surface area contributed by atoms with Gasteiger partial charge < -0.3 is 4.98 Å². The number of carbonyl (C=O) groups excluding carboxylic acids is 1. The average Bonchev–Trinajstić information content (AvgIpc) is 3.01. The molecule has 1 saturated heterocycles. The summed E-state index contributed by atoms with van der Waals surface area (Å²) < 4.78 is 0. The lowest BCUT2D eigenvalue weighted by molar-refractivity contribution is 0.0956. The number of nitrogens with zero attached hydrogens (tertiary/aromatic N) is 2. The van der Waals surface area contributed by atoms with Crippen LogP contribution < -0.4 is 5.43 Å². The number of aromatic nitrogens is 1. The smallest absolute Gasteiger partial charge is 0.272 e. The number of fused-ring (bicyclic) bond motifs is 2. The Bertz CT molecular complexity index is 834. The highest BCUT2D eigenvalue weighted by Crippen LogP contribution is 2.45. The molecule has 0 saturated carbocycles. The molecule has 0 aliphatic carbocycles. The van der Waals surface area contributed by atoms with Gasteiger partial charge in [-0.25, -0.2) is 5.43 Å². The molecule has 5 nitrogen and oxygen atoms in total. The van der Waals surface area contributed by atoms with Crippen molar-refractivity contribution in [3.05, 3.63) is 35.0 Å². The molecule has 1 fully saturated rings. The number of aromatic amines is 1. The van der Waals surface area contributed by atoms with Crippen molar-refractivity contribution in [2.45, 2.75) is 25.3 Å². The highest BCUT2D eigenvalue weighted by atomic mass is 16.2. The molecule has 4 heterocycles. The zero-order valence-electron chi connectivity index (χ0n) is 11.9.